The molecule has 0 unspecified atom stereocenters. The van der Waals surface area contributed by atoms with E-state index in [1.54, 1.807) is 0 Å². The van der Waals surface area contributed by atoms with Gasteiger partial charge in [-0.05, 0) is 6.42 Å². The average Bonchev–Trinajstić information content (AvgIpc) is 1.85. The van der Waals surface area contributed by atoms with Crippen molar-refractivity contribution in [2.24, 2.45) is 0 Å². The van der Waals surface area contributed by atoms with E-state index in [4.69, 9.17) is 4.55 Å². The van der Waals surface area contributed by atoms with Crippen molar-refractivity contribution in [2.45, 2.75) is 32.6 Å². The number of unbranched alkanes of at least 4 members (excludes halogenated alkanes) is 3. The van der Waals surface area contributed by atoms with Crippen LogP contribution in [0.4, 0.5) is 0 Å². The van der Waals surface area contributed by atoms with Crippen LogP contribution in [0.5, 0.6) is 0 Å². The quantitative estimate of drug-likeness (QED) is 0.326. The van der Waals surface area contributed by atoms with E-state index in [1.165, 1.54) is 0 Å². The standard InChI is InChI=1S/C6H14O4S.Na.H/c1-2-3-4-5-6-10-11(7,8)9;;/h2-6H2,1H3,(H,7,8,9);;/q;+1;-1. The van der Waals surface area contributed by atoms with Crippen molar-refractivity contribution < 1.29 is 48.1 Å². The minimum absolute atomic E-state index is 0. The number of hydrogen-bond donors (Lipinski definition) is 1. The van der Waals surface area contributed by atoms with Crippen LogP contribution in [0.3, 0.4) is 0 Å². The molecule has 0 bridgehead atoms. The first-order valence-corrected chi connectivity index (χ1v) is 5.04. The maximum atomic E-state index is 10.00. The summed E-state index contributed by atoms with van der Waals surface area (Å²) in [5.74, 6) is 0. The van der Waals surface area contributed by atoms with Gasteiger partial charge in [-0.25, -0.2) is 4.18 Å². The fraction of sp³-hybridized carbons (Fsp3) is 1.00. The Morgan fingerprint density at radius 1 is 1.33 bits per heavy atom. The Bertz CT molecular complexity index is 183. The Balaban J connectivity index is -0.000000500. The van der Waals surface area contributed by atoms with Gasteiger partial charge in [-0.15, -0.1) is 0 Å². The second kappa shape index (κ2) is 8.47. The van der Waals surface area contributed by atoms with Crippen LogP contribution in [-0.4, -0.2) is 19.6 Å². The molecule has 0 rings (SSSR count). The molecule has 0 saturated heterocycles. The van der Waals surface area contributed by atoms with Crippen LogP contribution in [0, 0.1) is 0 Å². The smallest absolute Gasteiger partial charge is 1.00 e. The molecule has 12 heavy (non-hydrogen) atoms. The second-order valence-electron chi connectivity index (χ2n) is 2.31. The zero-order valence-corrected chi connectivity index (χ0v) is 10.4. The molecule has 0 heterocycles. The van der Waals surface area contributed by atoms with Gasteiger partial charge in [0.2, 0.25) is 0 Å². The molecule has 0 aromatic heterocycles. The molecule has 0 aromatic rings. The maximum Gasteiger partial charge on any atom is 1.00 e. The molecule has 0 saturated carbocycles. The molecule has 0 aromatic carbocycles. The summed E-state index contributed by atoms with van der Waals surface area (Å²) in [6.45, 7) is 2.14. The summed E-state index contributed by atoms with van der Waals surface area (Å²) < 4.78 is 32.2. The van der Waals surface area contributed by atoms with Gasteiger partial charge in [-0.2, -0.15) is 8.42 Å². The van der Waals surface area contributed by atoms with Crippen molar-refractivity contribution in [3.63, 3.8) is 0 Å². The monoisotopic (exact) mass is 206 g/mol. The van der Waals surface area contributed by atoms with Crippen molar-refractivity contribution in [3.8, 4) is 0 Å². The molecule has 0 amide bonds. The van der Waals surface area contributed by atoms with Crippen LogP contribution >= 0.6 is 0 Å². The van der Waals surface area contributed by atoms with Crippen LogP contribution in [-0.2, 0) is 14.6 Å². The van der Waals surface area contributed by atoms with Gasteiger partial charge >= 0.3 is 40.0 Å². The fourth-order valence-corrected chi connectivity index (χ4v) is 1.02. The van der Waals surface area contributed by atoms with Gasteiger partial charge in [0.15, 0.2) is 0 Å². The fourth-order valence-electron chi connectivity index (χ4n) is 0.693. The van der Waals surface area contributed by atoms with Crippen molar-refractivity contribution >= 4 is 10.4 Å². The SMILES string of the molecule is CCCCCCOS(=O)(=O)O.[H-].[Na+]. The van der Waals surface area contributed by atoms with Gasteiger partial charge in [0, 0.05) is 0 Å². The summed E-state index contributed by atoms with van der Waals surface area (Å²) in [4.78, 5) is 0. The largest absolute Gasteiger partial charge is 1.00 e. The van der Waals surface area contributed by atoms with Gasteiger partial charge in [0.1, 0.15) is 0 Å². The Morgan fingerprint density at radius 3 is 2.33 bits per heavy atom. The van der Waals surface area contributed by atoms with Gasteiger partial charge in [0.05, 0.1) is 6.61 Å². The third-order valence-electron chi connectivity index (χ3n) is 1.23. The van der Waals surface area contributed by atoms with Crippen molar-refractivity contribution in [1.82, 2.24) is 0 Å². The van der Waals surface area contributed by atoms with Crippen LogP contribution in [0.2, 0.25) is 0 Å². The average molecular weight is 206 g/mol. The van der Waals surface area contributed by atoms with Gasteiger partial charge < -0.3 is 1.43 Å². The molecule has 0 spiro atoms. The molecule has 0 aliphatic carbocycles. The second-order valence-corrected chi connectivity index (χ2v) is 3.40. The topological polar surface area (TPSA) is 63.6 Å². The summed E-state index contributed by atoms with van der Waals surface area (Å²) in [7, 11) is -4.21. The van der Waals surface area contributed by atoms with Gasteiger partial charge in [-0.3, -0.25) is 4.55 Å². The van der Waals surface area contributed by atoms with Gasteiger partial charge in [-0.1, -0.05) is 26.2 Å². The molecular weight excluding hydrogens is 191 g/mol. The molecule has 4 nitrogen and oxygen atoms in total. The van der Waals surface area contributed by atoms with Crippen molar-refractivity contribution in [2.75, 3.05) is 6.61 Å². The van der Waals surface area contributed by atoms with E-state index in [9.17, 15) is 8.42 Å². The van der Waals surface area contributed by atoms with E-state index in [-0.39, 0.29) is 37.6 Å². The zero-order valence-electron chi connectivity index (χ0n) is 8.62. The summed E-state index contributed by atoms with van der Waals surface area (Å²) in [6.07, 6.45) is 3.76. The molecule has 0 fully saturated rings. The normalized spacial score (nSPS) is 10.8. The maximum absolute atomic E-state index is 10.00. The predicted octanol–water partition coefficient (Wildman–Crippen LogP) is -1.50. The predicted molar refractivity (Wildman–Crippen MR) is 42.8 cm³/mol. The van der Waals surface area contributed by atoms with Crippen LogP contribution in [0.25, 0.3) is 0 Å². The minimum atomic E-state index is -4.21. The Morgan fingerprint density at radius 2 is 1.92 bits per heavy atom. The summed E-state index contributed by atoms with van der Waals surface area (Å²) in [5, 5.41) is 0. The molecule has 0 atom stereocenters. The van der Waals surface area contributed by atoms with E-state index in [0.29, 0.717) is 6.42 Å². The van der Waals surface area contributed by atoms with E-state index >= 15 is 0 Å². The van der Waals surface area contributed by atoms with Crippen LogP contribution < -0.4 is 29.6 Å². The molecule has 70 valence electrons. The summed E-state index contributed by atoms with van der Waals surface area (Å²) >= 11 is 0. The van der Waals surface area contributed by atoms with Crippen molar-refractivity contribution in [3.05, 3.63) is 0 Å². The molecule has 0 radical (unpaired) electrons. The number of hydrogen-bond acceptors (Lipinski definition) is 3. The third-order valence-corrected chi connectivity index (χ3v) is 1.69. The third kappa shape index (κ3) is 13.5. The molecule has 1 N–H and O–H groups in total. The number of rotatable bonds is 6. The summed E-state index contributed by atoms with van der Waals surface area (Å²) in [5.41, 5.74) is 0. The first kappa shape index (κ1) is 15.3. The van der Waals surface area contributed by atoms with Crippen molar-refractivity contribution in [1.29, 1.82) is 0 Å². The van der Waals surface area contributed by atoms with Crippen LogP contribution in [0.15, 0.2) is 0 Å². The molecule has 0 aliphatic heterocycles. The Labute approximate surface area is 97.4 Å². The van der Waals surface area contributed by atoms with Gasteiger partial charge in [0.25, 0.3) is 0 Å². The van der Waals surface area contributed by atoms with E-state index in [1.807, 2.05) is 0 Å². The Kier molecular flexibility index (Phi) is 10.8. The first-order chi connectivity index (χ1) is 5.06. The van der Waals surface area contributed by atoms with E-state index in [2.05, 4.69) is 11.1 Å². The Hall–Kier alpha value is 0.870. The first-order valence-electron chi connectivity index (χ1n) is 3.68. The molecule has 0 aliphatic rings. The van der Waals surface area contributed by atoms with Crippen LogP contribution in [0.1, 0.15) is 34.0 Å². The molecular formula is C6H15NaO4S. The summed E-state index contributed by atoms with van der Waals surface area (Å²) in [6, 6.07) is 0. The van der Waals surface area contributed by atoms with E-state index in [0.717, 1.165) is 19.3 Å². The molecule has 6 heteroatoms. The zero-order chi connectivity index (χ0) is 8.74. The van der Waals surface area contributed by atoms with E-state index < -0.39 is 10.4 Å². The minimum Gasteiger partial charge on any atom is -1.00 e.